The number of pyridine rings is 1. The molecule has 6 atom stereocenters. The summed E-state index contributed by atoms with van der Waals surface area (Å²) in [5.41, 5.74) is -0.257. The summed E-state index contributed by atoms with van der Waals surface area (Å²) in [6.45, 7) is 1.85. The third kappa shape index (κ3) is 4.04. The number of alkyl halides is 3. The standard InChI is InChI=1S/C27H28F3NO3/c1-16-24-22(25(32)34-16)14-18-5-2-3-8-23(18)26(24,33)12-11-21-10-9-19(15-31-21)17-6-4-7-20(13-17)27(28,29)30/h4,6-7,9-13,15-16,18,22-24,33H,2-3,5,8,14H2,1H3/b12-11+/t16?,18?,22?,23?,24?,26-/m1/s1. The Morgan fingerprint density at radius 3 is 2.68 bits per heavy atom. The highest BCUT2D eigenvalue weighted by atomic mass is 19.4. The molecule has 180 valence electrons. The molecule has 5 unspecified atom stereocenters. The van der Waals surface area contributed by atoms with Crippen LogP contribution < -0.4 is 0 Å². The summed E-state index contributed by atoms with van der Waals surface area (Å²) in [5, 5.41) is 12.0. The van der Waals surface area contributed by atoms with E-state index < -0.39 is 17.3 Å². The summed E-state index contributed by atoms with van der Waals surface area (Å²) < 4.78 is 44.7. The second-order valence-corrected chi connectivity index (χ2v) is 9.93. The summed E-state index contributed by atoms with van der Waals surface area (Å²) in [4.78, 5) is 16.9. The maximum atomic E-state index is 13.0. The van der Waals surface area contributed by atoms with Crippen LogP contribution in [0.1, 0.15) is 50.3 Å². The number of benzene rings is 1. The number of halogens is 3. The molecule has 2 aromatic rings. The highest BCUT2D eigenvalue weighted by Crippen LogP contribution is 2.55. The van der Waals surface area contributed by atoms with Gasteiger partial charge in [-0.05, 0) is 61.4 Å². The van der Waals surface area contributed by atoms with E-state index in [1.54, 1.807) is 30.4 Å². The number of carbonyl (C=O) groups is 1. The van der Waals surface area contributed by atoms with Crippen LogP contribution in [0.15, 0.2) is 48.7 Å². The molecule has 5 rings (SSSR count). The Morgan fingerprint density at radius 1 is 1.15 bits per heavy atom. The molecule has 1 N–H and O–H groups in total. The Labute approximate surface area is 196 Å². The van der Waals surface area contributed by atoms with Crippen molar-refractivity contribution in [2.75, 3.05) is 0 Å². The summed E-state index contributed by atoms with van der Waals surface area (Å²) >= 11 is 0. The molecule has 2 saturated carbocycles. The number of aliphatic hydroxyl groups is 1. The minimum Gasteiger partial charge on any atom is -0.462 e. The van der Waals surface area contributed by atoms with Crippen molar-refractivity contribution in [2.45, 2.75) is 56.9 Å². The first kappa shape index (κ1) is 23.1. The number of carbonyl (C=O) groups excluding carboxylic acids is 1. The average Bonchev–Trinajstić information content (AvgIpc) is 3.11. The minimum atomic E-state index is -4.40. The van der Waals surface area contributed by atoms with Crippen molar-refractivity contribution in [3.05, 3.63) is 59.9 Å². The average molecular weight is 472 g/mol. The molecule has 1 aromatic heterocycles. The summed E-state index contributed by atoms with van der Waals surface area (Å²) in [7, 11) is 0. The predicted octanol–water partition coefficient (Wildman–Crippen LogP) is 5.90. The van der Waals surface area contributed by atoms with Crippen LogP contribution >= 0.6 is 0 Å². The molecule has 4 nitrogen and oxygen atoms in total. The Bertz CT molecular complexity index is 1100. The van der Waals surface area contributed by atoms with E-state index in [0.29, 0.717) is 22.7 Å². The van der Waals surface area contributed by atoms with Gasteiger partial charge in [-0.15, -0.1) is 0 Å². The second kappa shape index (κ2) is 8.52. The molecule has 2 aliphatic carbocycles. The van der Waals surface area contributed by atoms with Crippen LogP contribution in [0.4, 0.5) is 13.2 Å². The Balaban J connectivity index is 1.42. The topological polar surface area (TPSA) is 59.4 Å². The van der Waals surface area contributed by atoms with Crippen molar-refractivity contribution in [3.8, 4) is 11.1 Å². The zero-order valence-corrected chi connectivity index (χ0v) is 19.0. The first-order valence-electron chi connectivity index (χ1n) is 11.9. The second-order valence-electron chi connectivity index (χ2n) is 9.93. The Hall–Kier alpha value is -2.67. The number of ether oxygens (including phenoxy) is 1. The van der Waals surface area contributed by atoms with E-state index in [4.69, 9.17) is 4.74 Å². The van der Waals surface area contributed by atoms with Crippen LogP contribution in [-0.4, -0.2) is 27.8 Å². The van der Waals surface area contributed by atoms with Gasteiger partial charge in [0.15, 0.2) is 0 Å². The van der Waals surface area contributed by atoms with Gasteiger partial charge in [0.05, 0.1) is 22.8 Å². The summed E-state index contributed by atoms with van der Waals surface area (Å²) in [5.74, 6) is -0.434. The maximum absolute atomic E-state index is 13.0. The zero-order chi connectivity index (χ0) is 24.1. The van der Waals surface area contributed by atoms with Crippen molar-refractivity contribution in [2.24, 2.45) is 23.7 Å². The molecule has 0 spiro atoms. The SMILES string of the molecule is CC1OC(=O)C2CC3CCCCC3[C@](O)(/C=C/c3ccc(-c4cccc(C(F)(F)F)c4)cn3)C12. The third-order valence-electron chi connectivity index (χ3n) is 7.97. The molecule has 0 amide bonds. The van der Waals surface area contributed by atoms with E-state index in [-0.39, 0.29) is 29.8 Å². The van der Waals surface area contributed by atoms with Gasteiger partial charge >= 0.3 is 12.1 Å². The van der Waals surface area contributed by atoms with E-state index in [1.807, 2.05) is 6.92 Å². The lowest BCUT2D eigenvalue weighted by Gasteiger charge is -2.51. The van der Waals surface area contributed by atoms with Crippen LogP contribution in [0.3, 0.4) is 0 Å². The summed E-state index contributed by atoms with van der Waals surface area (Å²) in [6, 6.07) is 8.61. The number of fused-ring (bicyclic) bond motifs is 2. The molecule has 0 radical (unpaired) electrons. The number of aromatic nitrogens is 1. The smallest absolute Gasteiger partial charge is 0.416 e. The van der Waals surface area contributed by atoms with E-state index in [2.05, 4.69) is 4.98 Å². The van der Waals surface area contributed by atoms with Gasteiger partial charge in [-0.2, -0.15) is 13.2 Å². The normalized spacial score (nSPS) is 33.4. The van der Waals surface area contributed by atoms with Crippen molar-refractivity contribution in [3.63, 3.8) is 0 Å². The molecular weight excluding hydrogens is 443 g/mol. The molecule has 3 aliphatic rings. The third-order valence-corrected chi connectivity index (χ3v) is 7.97. The lowest BCUT2D eigenvalue weighted by Crippen LogP contribution is -2.56. The fraction of sp³-hybridized carbons (Fsp3) is 0.481. The summed E-state index contributed by atoms with van der Waals surface area (Å²) in [6.07, 6.45) is 5.20. The zero-order valence-electron chi connectivity index (χ0n) is 19.0. The molecular formula is C27H28F3NO3. The highest BCUT2D eigenvalue weighted by Gasteiger charge is 2.61. The lowest BCUT2D eigenvalue weighted by molar-refractivity contribution is -0.145. The van der Waals surface area contributed by atoms with E-state index in [9.17, 15) is 23.1 Å². The molecule has 34 heavy (non-hydrogen) atoms. The van der Waals surface area contributed by atoms with Gasteiger partial charge in [0, 0.05) is 17.7 Å². The predicted molar refractivity (Wildman–Crippen MR) is 121 cm³/mol. The maximum Gasteiger partial charge on any atom is 0.416 e. The van der Waals surface area contributed by atoms with Gasteiger partial charge in [-0.3, -0.25) is 9.78 Å². The fourth-order valence-electron chi connectivity index (χ4n) is 6.43. The molecule has 1 aliphatic heterocycles. The van der Waals surface area contributed by atoms with E-state index >= 15 is 0 Å². The largest absolute Gasteiger partial charge is 0.462 e. The van der Waals surface area contributed by atoms with Gasteiger partial charge in [-0.1, -0.05) is 43.5 Å². The quantitative estimate of drug-likeness (QED) is 0.567. The van der Waals surface area contributed by atoms with Gasteiger partial charge < -0.3 is 9.84 Å². The van der Waals surface area contributed by atoms with Gasteiger partial charge in [-0.25, -0.2) is 0 Å². The van der Waals surface area contributed by atoms with Crippen LogP contribution in [0.25, 0.3) is 17.2 Å². The van der Waals surface area contributed by atoms with Gasteiger partial charge in [0.2, 0.25) is 0 Å². The molecule has 1 saturated heterocycles. The number of hydrogen-bond donors (Lipinski definition) is 1. The lowest BCUT2D eigenvalue weighted by atomic mass is 9.55. The first-order valence-corrected chi connectivity index (χ1v) is 11.9. The van der Waals surface area contributed by atoms with Crippen molar-refractivity contribution >= 4 is 12.0 Å². The van der Waals surface area contributed by atoms with Crippen LogP contribution in [0, 0.1) is 23.7 Å². The molecule has 0 bridgehead atoms. The van der Waals surface area contributed by atoms with Crippen LogP contribution in [-0.2, 0) is 15.7 Å². The Kier molecular flexibility index (Phi) is 5.79. The molecule has 3 fully saturated rings. The minimum absolute atomic E-state index is 0.0695. The highest BCUT2D eigenvalue weighted by molar-refractivity contribution is 5.76. The van der Waals surface area contributed by atoms with Crippen LogP contribution in [0.2, 0.25) is 0 Å². The van der Waals surface area contributed by atoms with Crippen molar-refractivity contribution in [1.82, 2.24) is 4.98 Å². The number of rotatable bonds is 3. The van der Waals surface area contributed by atoms with Crippen LogP contribution in [0.5, 0.6) is 0 Å². The fourth-order valence-corrected chi connectivity index (χ4v) is 6.43. The van der Waals surface area contributed by atoms with Crippen molar-refractivity contribution < 1.29 is 27.8 Å². The van der Waals surface area contributed by atoms with E-state index in [1.165, 1.54) is 12.3 Å². The number of esters is 1. The monoisotopic (exact) mass is 471 g/mol. The molecule has 1 aromatic carbocycles. The van der Waals surface area contributed by atoms with Gasteiger partial charge in [0.25, 0.3) is 0 Å². The molecule has 7 heteroatoms. The van der Waals surface area contributed by atoms with E-state index in [0.717, 1.165) is 44.2 Å². The number of hydrogen-bond acceptors (Lipinski definition) is 4. The number of cyclic esters (lactones) is 1. The Morgan fingerprint density at radius 2 is 1.94 bits per heavy atom. The van der Waals surface area contributed by atoms with Crippen molar-refractivity contribution in [1.29, 1.82) is 0 Å². The number of nitrogens with zero attached hydrogens (tertiary/aromatic N) is 1. The first-order chi connectivity index (χ1) is 16.2. The van der Waals surface area contributed by atoms with Gasteiger partial charge in [0.1, 0.15) is 6.10 Å². The molecule has 2 heterocycles.